The summed E-state index contributed by atoms with van der Waals surface area (Å²) in [5.41, 5.74) is 0. The minimum Gasteiger partial charge on any atom is -0.518 e. The minimum absolute atomic E-state index is 0.332. The number of halogens is 3. The zero-order chi connectivity index (χ0) is 17.1. The van der Waals surface area contributed by atoms with Gasteiger partial charge in [0.2, 0.25) is 8.32 Å². The summed E-state index contributed by atoms with van der Waals surface area (Å²) >= 11 is 0. The van der Waals surface area contributed by atoms with Gasteiger partial charge in [0, 0.05) is 0 Å². The largest absolute Gasteiger partial charge is 0.518 e. The van der Waals surface area contributed by atoms with E-state index in [1.165, 1.54) is 0 Å². The van der Waals surface area contributed by atoms with Gasteiger partial charge in [0.25, 0.3) is 0 Å². The van der Waals surface area contributed by atoms with Crippen LogP contribution in [0.2, 0.25) is 39.3 Å². The molecule has 21 heavy (non-hydrogen) atoms. The molecule has 0 aromatic carbocycles. The van der Waals surface area contributed by atoms with Crippen LogP contribution in [0.15, 0.2) is 0 Å². The van der Waals surface area contributed by atoms with Gasteiger partial charge < -0.3 is 14.2 Å². The van der Waals surface area contributed by atoms with Crippen LogP contribution in [-0.2, 0) is 18.4 Å². The predicted molar refractivity (Wildman–Crippen MR) is 76.7 cm³/mol. The van der Waals surface area contributed by atoms with Crippen molar-refractivity contribution in [3.63, 3.8) is 0 Å². The zero-order valence-electron chi connectivity index (χ0n) is 13.1. The Bertz CT molecular complexity index is 388. The minimum atomic E-state index is -5.06. The highest BCUT2D eigenvalue weighted by Gasteiger charge is 2.41. The molecule has 0 rings (SSSR count). The molecule has 0 saturated carbocycles. The van der Waals surface area contributed by atoms with Crippen molar-refractivity contribution in [3.8, 4) is 0 Å². The van der Waals surface area contributed by atoms with Gasteiger partial charge in [-0.1, -0.05) is 0 Å². The smallest absolute Gasteiger partial charge is 0.471 e. The molecule has 0 bridgehead atoms. The van der Waals surface area contributed by atoms with Crippen LogP contribution in [0, 0.1) is 0 Å². The van der Waals surface area contributed by atoms with Crippen molar-refractivity contribution in [2.45, 2.75) is 51.5 Å². The van der Waals surface area contributed by atoms with Gasteiger partial charge in [-0.2, -0.15) is 13.2 Å². The van der Waals surface area contributed by atoms with Crippen molar-refractivity contribution < 1.29 is 31.6 Å². The van der Waals surface area contributed by atoms with E-state index in [-0.39, 0.29) is 6.61 Å². The molecule has 0 aromatic rings. The topological polar surface area (TPSA) is 64.6 Å². The average Bonchev–Trinajstić information content (AvgIpc) is 2.18. The number of carbonyl (C=O) groups excluding carboxylic acids is 2. The van der Waals surface area contributed by atoms with E-state index in [1.807, 2.05) is 19.6 Å². The van der Waals surface area contributed by atoms with Gasteiger partial charge in [0.05, 0.1) is 6.61 Å². The summed E-state index contributed by atoms with van der Waals surface area (Å²) in [6.45, 7) is 10.3. The molecule has 10 heteroatoms. The summed E-state index contributed by atoms with van der Waals surface area (Å²) in [4.78, 5) is 22.9. The van der Waals surface area contributed by atoms with E-state index in [0.29, 0.717) is 0 Å². The first-order chi connectivity index (χ1) is 9.12. The van der Waals surface area contributed by atoms with Crippen LogP contribution in [0.5, 0.6) is 0 Å². The first kappa shape index (κ1) is 20.1. The molecule has 0 unspecified atom stereocenters. The van der Waals surface area contributed by atoms with E-state index in [1.54, 1.807) is 25.0 Å². The fraction of sp³-hybridized carbons (Fsp3) is 0.818. The molecular weight excluding hydrogens is 323 g/mol. The molecule has 0 heterocycles. The van der Waals surface area contributed by atoms with Crippen molar-refractivity contribution in [2.75, 3.05) is 6.61 Å². The average molecular weight is 345 g/mol. The van der Waals surface area contributed by atoms with Gasteiger partial charge in [0.1, 0.15) is 6.04 Å². The second-order valence-corrected chi connectivity index (χ2v) is 15.4. The highest BCUT2D eigenvalue weighted by atomic mass is 28.4. The van der Waals surface area contributed by atoms with Gasteiger partial charge in [0.15, 0.2) is 8.32 Å². The van der Waals surface area contributed by atoms with E-state index in [4.69, 9.17) is 8.85 Å². The molecule has 124 valence electrons. The lowest BCUT2D eigenvalue weighted by Gasteiger charge is -2.26. The maximum absolute atomic E-state index is 12.3. The second kappa shape index (κ2) is 6.92. The zero-order valence-corrected chi connectivity index (χ0v) is 15.1. The number of alkyl halides is 3. The lowest BCUT2D eigenvalue weighted by Crippen LogP contribution is -2.52. The lowest BCUT2D eigenvalue weighted by molar-refractivity contribution is -0.175. The van der Waals surface area contributed by atoms with Crippen LogP contribution in [0.4, 0.5) is 13.2 Å². The Morgan fingerprint density at radius 1 is 1.05 bits per heavy atom. The number of rotatable bonds is 6. The third-order valence-electron chi connectivity index (χ3n) is 1.94. The Labute approximate surface area is 124 Å². The molecule has 0 aliphatic heterocycles. The second-order valence-electron chi connectivity index (χ2n) is 6.48. The van der Waals surface area contributed by atoms with Crippen molar-refractivity contribution >= 4 is 28.5 Å². The number of amides is 1. The first-order valence-electron chi connectivity index (χ1n) is 6.36. The summed E-state index contributed by atoms with van der Waals surface area (Å²) < 4.78 is 47.4. The van der Waals surface area contributed by atoms with Crippen molar-refractivity contribution in [2.24, 2.45) is 0 Å². The number of hydrogen-bond donors (Lipinski definition) is 1. The maximum Gasteiger partial charge on any atom is 0.471 e. The molecule has 0 aromatic heterocycles. The van der Waals surface area contributed by atoms with Crippen LogP contribution in [0.25, 0.3) is 0 Å². The summed E-state index contributed by atoms with van der Waals surface area (Å²) in [5.74, 6) is -3.08. The SMILES string of the molecule is C[Si](C)(C)OC[C@H](NC(=O)C(F)(F)F)C(=O)O[Si](C)(C)C. The summed E-state index contributed by atoms with van der Waals surface area (Å²) in [5, 5.41) is 1.63. The molecule has 1 atom stereocenters. The van der Waals surface area contributed by atoms with E-state index in [2.05, 4.69) is 0 Å². The fourth-order valence-corrected chi connectivity index (χ4v) is 2.53. The molecule has 1 N–H and O–H groups in total. The predicted octanol–water partition coefficient (Wildman–Crippen LogP) is 2.26. The Kier molecular flexibility index (Phi) is 6.63. The van der Waals surface area contributed by atoms with Crippen molar-refractivity contribution in [1.82, 2.24) is 5.32 Å². The molecule has 1 amide bonds. The normalized spacial score (nSPS) is 14.5. The maximum atomic E-state index is 12.3. The molecule has 0 saturated heterocycles. The number of hydrogen-bond acceptors (Lipinski definition) is 4. The van der Waals surface area contributed by atoms with Gasteiger partial charge >= 0.3 is 18.1 Å². The van der Waals surface area contributed by atoms with Crippen LogP contribution >= 0.6 is 0 Å². The Morgan fingerprint density at radius 3 is 1.86 bits per heavy atom. The van der Waals surface area contributed by atoms with Gasteiger partial charge in [-0.25, -0.2) is 0 Å². The standard InChI is InChI=1S/C11H22F3NO4Si2/c1-20(2,3)18-7-8(9(16)19-21(4,5)6)15-10(17)11(12,13)14/h8H,7H2,1-6H3,(H,15,17)/t8-/m0/s1. The van der Waals surface area contributed by atoms with Gasteiger partial charge in [-0.15, -0.1) is 0 Å². The van der Waals surface area contributed by atoms with E-state index >= 15 is 0 Å². The first-order valence-corrected chi connectivity index (χ1v) is 13.2. The summed E-state index contributed by atoms with van der Waals surface area (Å²) in [6.07, 6.45) is -5.06. The highest BCUT2D eigenvalue weighted by molar-refractivity contribution is 6.71. The quantitative estimate of drug-likeness (QED) is 0.750. The Hall–Kier alpha value is -0.876. The molecule has 0 aliphatic rings. The van der Waals surface area contributed by atoms with Crippen molar-refractivity contribution in [3.05, 3.63) is 0 Å². The fourth-order valence-electron chi connectivity index (χ4n) is 1.11. The highest BCUT2D eigenvalue weighted by Crippen LogP contribution is 2.15. The van der Waals surface area contributed by atoms with E-state index in [0.717, 1.165) is 0 Å². The molecule has 0 radical (unpaired) electrons. The summed E-state index contributed by atoms with van der Waals surface area (Å²) in [7, 11) is -4.33. The molecule has 0 aliphatic carbocycles. The molecule has 0 fully saturated rings. The van der Waals surface area contributed by atoms with Gasteiger partial charge in [-0.3, -0.25) is 9.59 Å². The van der Waals surface area contributed by atoms with E-state index < -0.39 is 40.7 Å². The van der Waals surface area contributed by atoms with Crippen LogP contribution in [0.3, 0.4) is 0 Å². The van der Waals surface area contributed by atoms with Crippen molar-refractivity contribution in [1.29, 1.82) is 0 Å². The van der Waals surface area contributed by atoms with Crippen LogP contribution < -0.4 is 5.32 Å². The molecular formula is C11H22F3NO4Si2. The Balaban J connectivity index is 4.93. The summed E-state index contributed by atoms with van der Waals surface area (Å²) in [6, 6.07) is -1.46. The van der Waals surface area contributed by atoms with Crippen LogP contribution in [-0.4, -0.2) is 47.3 Å². The third-order valence-corrected chi connectivity index (χ3v) is 3.78. The lowest BCUT2D eigenvalue weighted by atomic mass is 10.3. The Morgan fingerprint density at radius 2 is 1.52 bits per heavy atom. The number of carbonyl (C=O) groups is 2. The monoisotopic (exact) mass is 345 g/mol. The van der Waals surface area contributed by atoms with Crippen LogP contribution in [0.1, 0.15) is 0 Å². The third kappa shape index (κ3) is 9.64. The molecule has 0 spiro atoms. The van der Waals surface area contributed by atoms with E-state index in [9.17, 15) is 22.8 Å². The molecule has 5 nitrogen and oxygen atoms in total. The number of nitrogens with one attached hydrogen (secondary N) is 1. The van der Waals surface area contributed by atoms with Gasteiger partial charge in [-0.05, 0) is 39.3 Å².